The number of benzene rings is 1. The second kappa shape index (κ2) is 10.2. The van der Waals surface area contributed by atoms with Crippen molar-refractivity contribution in [3.63, 3.8) is 0 Å². The highest BCUT2D eigenvalue weighted by Crippen LogP contribution is 2.30. The van der Waals surface area contributed by atoms with Crippen LogP contribution in [0.3, 0.4) is 0 Å². The Balaban J connectivity index is 0.000000290. The fourth-order valence-corrected chi connectivity index (χ4v) is 3.59. The van der Waals surface area contributed by atoms with E-state index in [2.05, 4.69) is 48.6 Å². The number of para-hydroxylation sites is 1. The summed E-state index contributed by atoms with van der Waals surface area (Å²) in [6, 6.07) is 11.1. The molecular weight excluding hydrogens is 450 g/mol. The van der Waals surface area contributed by atoms with Crippen molar-refractivity contribution in [3.05, 3.63) is 70.0 Å². The Bertz CT molecular complexity index is 1080. The molecule has 1 aromatic carbocycles. The molecular formula is C21H22BrN5OS. The molecule has 0 amide bonds. The number of hydrogen-bond donors (Lipinski definition) is 3. The first kappa shape index (κ1) is 21.0. The zero-order valence-corrected chi connectivity index (χ0v) is 18.4. The smallest absolute Gasteiger partial charge is 0.172 e. The van der Waals surface area contributed by atoms with Gasteiger partial charge >= 0.3 is 0 Å². The third-order valence-electron chi connectivity index (χ3n) is 4.07. The summed E-state index contributed by atoms with van der Waals surface area (Å²) in [6.07, 6.45) is 3.55. The average molecular weight is 472 g/mol. The molecule has 0 bridgehead atoms. The Morgan fingerprint density at radius 3 is 2.76 bits per heavy atom. The maximum atomic E-state index is 10.1. The van der Waals surface area contributed by atoms with Crippen LogP contribution < -0.4 is 10.6 Å². The highest BCUT2D eigenvalue weighted by Gasteiger charge is 2.13. The third-order valence-corrected chi connectivity index (χ3v) is 5.33. The van der Waals surface area contributed by atoms with Crippen LogP contribution in [-0.4, -0.2) is 39.8 Å². The monoisotopic (exact) mass is 471 g/mol. The van der Waals surface area contributed by atoms with E-state index in [1.165, 1.54) is 5.56 Å². The van der Waals surface area contributed by atoms with E-state index in [4.69, 9.17) is 0 Å². The highest BCUT2D eigenvalue weighted by atomic mass is 79.9. The fraction of sp³-hybridized carbons (Fsp3) is 0.143. The number of likely N-dealkylation sites (N-methyl/N-ethyl adjacent to an activating group) is 1. The summed E-state index contributed by atoms with van der Waals surface area (Å²) in [6.45, 7) is 5.20. The Hall–Kier alpha value is -2.68. The van der Waals surface area contributed by atoms with Gasteiger partial charge in [-0.25, -0.2) is 4.98 Å². The van der Waals surface area contributed by atoms with Crippen LogP contribution in [0.4, 0.5) is 5.82 Å². The molecule has 0 radical (unpaired) electrons. The van der Waals surface area contributed by atoms with E-state index in [0.717, 1.165) is 23.4 Å². The number of phenolic OH excluding ortho intramolecular Hbond substituents is 1. The molecule has 6 nitrogen and oxygen atoms in total. The van der Waals surface area contributed by atoms with Crippen LogP contribution in [0.15, 0.2) is 64.4 Å². The molecule has 150 valence electrons. The quantitative estimate of drug-likeness (QED) is 0.349. The minimum absolute atomic E-state index is 0.205. The van der Waals surface area contributed by atoms with Gasteiger partial charge in [0.05, 0.1) is 16.4 Å². The zero-order chi connectivity index (χ0) is 20.6. The molecule has 0 aliphatic heterocycles. The summed E-state index contributed by atoms with van der Waals surface area (Å²) in [4.78, 5) is 4.59. The molecule has 0 atom stereocenters. The summed E-state index contributed by atoms with van der Waals surface area (Å²) in [5.74, 6) is 1.03. The second-order valence-electron chi connectivity index (χ2n) is 6.06. The highest BCUT2D eigenvalue weighted by molar-refractivity contribution is 9.10. The SMILES string of the molecule is C=Cc1ccsc1.CNCCNc1cc(-c2ccccc2O)nc2c(Br)cnn12. The molecule has 0 saturated heterocycles. The van der Waals surface area contributed by atoms with Crippen LogP contribution in [0.2, 0.25) is 0 Å². The average Bonchev–Trinajstić information content (AvgIpc) is 3.39. The summed E-state index contributed by atoms with van der Waals surface area (Å²) < 4.78 is 2.55. The number of anilines is 1. The van der Waals surface area contributed by atoms with Crippen LogP contribution in [0.25, 0.3) is 23.0 Å². The number of phenols is 1. The van der Waals surface area contributed by atoms with E-state index in [1.54, 1.807) is 34.2 Å². The molecule has 8 heteroatoms. The van der Waals surface area contributed by atoms with Crippen molar-refractivity contribution in [1.29, 1.82) is 0 Å². The number of fused-ring (bicyclic) bond motifs is 1. The van der Waals surface area contributed by atoms with E-state index >= 15 is 0 Å². The van der Waals surface area contributed by atoms with Crippen LogP contribution in [-0.2, 0) is 0 Å². The van der Waals surface area contributed by atoms with Crippen molar-refractivity contribution in [2.45, 2.75) is 0 Å². The summed E-state index contributed by atoms with van der Waals surface area (Å²) >= 11 is 5.15. The number of nitrogens with zero attached hydrogens (tertiary/aromatic N) is 3. The van der Waals surface area contributed by atoms with Crippen molar-refractivity contribution in [3.8, 4) is 17.0 Å². The van der Waals surface area contributed by atoms with Gasteiger partial charge in [-0.15, -0.1) is 0 Å². The van der Waals surface area contributed by atoms with Gasteiger partial charge in [0.15, 0.2) is 5.65 Å². The molecule has 3 aromatic heterocycles. The summed E-state index contributed by atoms with van der Waals surface area (Å²) in [7, 11) is 1.90. The molecule has 29 heavy (non-hydrogen) atoms. The summed E-state index contributed by atoms with van der Waals surface area (Å²) in [5.41, 5.74) is 3.30. The lowest BCUT2D eigenvalue weighted by Crippen LogP contribution is -2.19. The fourth-order valence-electron chi connectivity index (χ4n) is 2.60. The van der Waals surface area contributed by atoms with Gasteiger partial charge in [-0.2, -0.15) is 21.0 Å². The second-order valence-corrected chi connectivity index (χ2v) is 7.70. The van der Waals surface area contributed by atoms with Crippen LogP contribution in [0.1, 0.15) is 5.56 Å². The van der Waals surface area contributed by atoms with Gasteiger partial charge in [0.1, 0.15) is 11.6 Å². The van der Waals surface area contributed by atoms with Gasteiger partial charge in [0.25, 0.3) is 0 Å². The maximum absolute atomic E-state index is 10.1. The lowest BCUT2D eigenvalue weighted by atomic mass is 10.1. The third kappa shape index (κ3) is 5.23. The molecule has 4 rings (SSSR count). The Morgan fingerprint density at radius 2 is 2.10 bits per heavy atom. The minimum atomic E-state index is 0.205. The Labute approximate surface area is 182 Å². The summed E-state index contributed by atoms with van der Waals surface area (Å²) in [5, 5.41) is 24.9. The molecule has 3 N–H and O–H groups in total. The lowest BCUT2D eigenvalue weighted by Gasteiger charge is -2.11. The number of nitrogens with one attached hydrogen (secondary N) is 2. The topological polar surface area (TPSA) is 74.5 Å². The number of rotatable bonds is 6. The van der Waals surface area contributed by atoms with Gasteiger partial charge in [0, 0.05) is 24.7 Å². The number of aromatic hydroxyl groups is 1. The van der Waals surface area contributed by atoms with E-state index in [9.17, 15) is 5.11 Å². The van der Waals surface area contributed by atoms with E-state index < -0.39 is 0 Å². The molecule has 0 aliphatic rings. The van der Waals surface area contributed by atoms with Gasteiger partial charge in [-0.1, -0.05) is 24.8 Å². The van der Waals surface area contributed by atoms with Gasteiger partial charge in [-0.3, -0.25) is 0 Å². The van der Waals surface area contributed by atoms with Crippen molar-refractivity contribution >= 4 is 44.8 Å². The molecule has 0 unspecified atom stereocenters. The molecule has 4 aromatic rings. The molecule has 3 heterocycles. The molecule has 0 fully saturated rings. The van der Waals surface area contributed by atoms with Gasteiger partial charge in [-0.05, 0) is 57.5 Å². The van der Waals surface area contributed by atoms with Gasteiger partial charge < -0.3 is 15.7 Å². The van der Waals surface area contributed by atoms with E-state index in [-0.39, 0.29) is 5.75 Å². The minimum Gasteiger partial charge on any atom is -0.507 e. The number of hydrogen-bond acceptors (Lipinski definition) is 6. The van der Waals surface area contributed by atoms with Crippen molar-refractivity contribution in [2.75, 3.05) is 25.5 Å². The Morgan fingerprint density at radius 1 is 1.28 bits per heavy atom. The predicted molar refractivity (Wildman–Crippen MR) is 125 cm³/mol. The molecule has 0 aliphatic carbocycles. The van der Waals surface area contributed by atoms with Crippen molar-refractivity contribution in [1.82, 2.24) is 19.9 Å². The number of thiophene rings is 1. The normalized spacial score (nSPS) is 10.4. The van der Waals surface area contributed by atoms with Crippen LogP contribution >= 0.6 is 27.3 Å². The Kier molecular flexibility index (Phi) is 7.40. The van der Waals surface area contributed by atoms with E-state index in [0.29, 0.717) is 16.9 Å². The first-order valence-corrected chi connectivity index (χ1v) is 10.7. The van der Waals surface area contributed by atoms with E-state index in [1.807, 2.05) is 42.8 Å². The number of halogens is 1. The van der Waals surface area contributed by atoms with Crippen LogP contribution in [0, 0.1) is 0 Å². The maximum Gasteiger partial charge on any atom is 0.172 e. The van der Waals surface area contributed by atoms with Crippen molar-refractivity contribution in [2.24, 2.45) is 0 Å². The zero-order valence-electron chi connectivity index (χ0n) is 16.0. The predicted octanol–water partition coefficient (Wildman–Crippen LogP) is 4.89. The molecule has 0 spiro atoms. The van der Waals surface area contributed by atoms with Gasteiger partial charge in [0.2, 0.25) is 0 Å². The largest absolute Gasteiger partial charge is 0.507 e. The standard InChI is InChI=1S/C15H16BrN5O.C6H6S/c1-17-6-7-18-14-8-12(10-4-2-3-5-13(10)22)20-15-11(16)9-19-21(14)15;1-2-6-3-4-7-5-6/h2-5,8-9,17-18,22H,6-7H2,1H3;2-5H,1H2. The lowest BCUT2D eigenvalue weighted by molar-refractivity contribution is 0.477. The van der Waals surface area contributed by atoms with Crippen molar-refractivity contribution < 1.29 is 5.11 Å². The van der Waals surface area contributed by atoms with Crippen LogP contribution in [0.5, 0.6) is 5.75 Å². The first-order valence-electron chi connectivity index (χ1n) is 8.99. The first-order chi connectivity index (χ1) is 14.1. The molecule has 0 saturated carbocycles. The number of aromatic nitrogens is 3.